The van der Waals surface area contributed by atoms with Crippen molar-refractivity contribution in [2.24, 2.45) is 0 Å². The van der Waals surface area contributed by atoms with Gasteiger partial charge in [-0.15, -0.1) is 0 Å². The Hall–Kier alpha value is -1.12. The molecule has 3 heteroatoms. The van der Waals surface area contributed by atoms with Crippen LogP contribution in [0, 0.1) is 0 Å². The van der Waals surface area contributed by atoms with Crippen molar-refractivity contribution in [3.8, 4) is 5.75 Å². The highest BCUT2D eigenvalue weighted by Crippen LogP contribution is 2.26. The molecule has 1 rings (SSSR count). The van der Waals surface area contributed by atoms with Crippen LogP contribution in [0.3, 0.4) is 0 Å². The summed E-state index contributed by atoms with van der Waals surface area (Å²) in [7, 11) is 0. The maximum absolute atomic E-state index is 12.6. The average Bonchev–Trinajstić information content (AvgIpc) is 2.04. The van der Waals surface area contributed by atoms with Gasteiger partial charge in [-0.1, -0.05) is 18.2 Å². The summed E-state index contributed by atoms with van der Waals surface area (Å²) in [5.41, 5.74) is 0.00926. The smallest absolute Gasteiger partial charge is 0.157 e. The monoisotopic (exact) mass is 158 g/mol. The first-order valence-electron chi connectivity index (χ1n) is 3.23. The Morgan fingerprint density at radius 2 is 2.00 bits per heavy atom. The number of para-hydroxylation sites is 1. The molecule has 0 amide bonds. The number of alkyl halides is 2. The van der Waals surface area contributed by atoms with E-state index in [0.717, 1.165) is 0 Å². The molecule has 1 atom stereocenters. The Morgan fingerprint density at radius 3 is 2.55 bits per heavy atom. The van der Waals surface area contributed by atoms with E-state index in [1.165, 1.54) is 12.1 Å². The van der Waals surface area contributed by atoms with Crippen molar-refractivity contribution in [2.75, 3.05) is 6.67 Å². The second kappa shape index (κ2) is 3.32. The van der Waals surface area contributed by atoms with Crippen LogP contribution in [-0.2, 0) is 0 Å². The van der Waals surface area contributed by atoms with Gasteiger partial charge in [0, 0.05) is 5.56 Å². The van der Waals surface area contributed by atoms with Crippen molar-refractivity contribution in [1.29, 1.82) is 0 Å². The molecule has 0 spiro atoms. The van der Waals surface area contributed by atoms with E-state index >= 15 is 0 Å². The van der Waals surface area contributed by atoms with Crippen molar-refractivity contribution in [1.82, 2.24) is 0 Å². The molecule has 0 aliphatic rings. The van der Waals surface area contributed by atoms with Crippen LogP contribution in [0.4, 0.5) is 8.78 Å². The number of halogens is 2. The number of phenolic OH excluding ortho intramolecular Hbond substituents is 1. The molecule has 0 fully saturated rings. The molecule has 1 aromatic carbocycles. The fourth-order valence-electron chi connectivity index (χ4n) is 0.836. The number of benzene rings is 1. The standard InChI is InChI=1S/C8H8F2O/c9-5-7(10)6-3-1-2-4-8(6)11/h1-4,7,11H,5H2. The molecule has 0 saturated heterocycles. The van der Waals surface area contributed by atoms with Crippen LogP contribution in [0.2, 0.25) is 0 Å². The summed E-state index contributed by atoms with van der Waals surface area (Å²) in [5, 5.41) is 9.01. The lowest BCUT2D eigenvalue weighted by molar-refractivity contribution is 0.260. The zero-order valence-corrected chi connectivity index (χ0v) is 5.80. The molecule has 1 aromatic rings. The van der Waals surface area contributed by atoms with Crippen molar-refractivity contribution < 1.29 is 13.9 Å². The number of phenols is 1. The predicted octanol–water partition coefficient (Wildman–Crippen LogP) is 2.37. The summed E-state index contributed by atoms with van der Waals surface area (Å²) in [5.74, 6) is -0.197. The third-order valence-corrected chi connectivity index (χ3v) is 1.41. The highest BCUT2D eigenvalue weighted by atomic mass is 19.2. The Labute approximate surface area is 63.3 Å². The average molecular weight is 158 g/mol. The van der Waals surface area contributed by atoms with Gasteiger partial charge in [0.15, 0.2) is 6.17 Å². The van der Waals surface area contributed by atoms with E-state index in [0.29, 0.717) is 0 Å². The van der Waals surface area contributed by atoms with Crippen LogP contribution in [-0.4, -0.2) is 11.8 Å². The molecule has 1 unspecified atom stereocenters. The molecule has 0 saturated carbocycles. The van der Waals surface area contributed by atoms with Gasteiger partial charge in [-0.2, -0.15) is 0 Å². The minimum atomic E-state index is -1.71. The van der Waals surface area contributed by atoms with E-state index in [2.05, 4.69) is 0 Å². The minimum absolute atomic E-state index is 0.00926. The second-order valence-corrected chi connectivity index (χ2v) is 2.18. The van der Waals surface area contributed by atoms with E-state index in [1.54, 1.807) is 12.1 Å². The second-order valence-electron chi connectivity index (χ2n) is 2.18. The number of hydrogen-bond acceptors (Lipinski definition) is 1. The van der Waals surface area contributed by atoms with Crippen LogP contribution in [0.15, 0.2) is 24.3 Å². The van der Waals surface area contributed by atoms with Crippen LogP contribution in [0.5, 0.6) is 5.75 Å². The van der Waals surface area contributed by atoms with E-state index in [1.807, 2.05) is 0 Å². The fraction of sp³-hybridized carbons (Fsp3) is 0.250. The normalized spacial score (nSPS) is 12.9. The number of rotatable bonds is 2. The molecule has 11 heavy (non-hydrogen) atoms. The Bertz CT molecular complexity index is 237. The van der Waals surface area contributed by atoms with Crippen LogP contribution >= 0.6 is 0 Å². The van der Waals surface area contributed by atoms with Crippen molar-refractivity contribution >= 4 is 0 Å². The van der Waals surface area contributed by atoms with Gasteiger partial charge in [-0.3, -0.25) is 0 Å². The van der Waals surface area contributed by atoms with E-state index in [4.69, 9.17) is 5.11 Å². The van der Waals surface area contributed by atoms with Gasteiger partial charge in [-0.25, -0.2) is 8.78 Å². The van der Waals surface area contributed by atoms with Gasteiger partial charge in [0.05, 0.1) is 0 Å². The van der Waals surface area contributed by atoms with Gasteiger partial charge in [0.1, 0.15) is 12.4 Å². The van der Waals surface area contributed by atoms with E-state index < -0.39 is 12.8 Å². The quantitative estimate of drug-likeness (QED) is 0.700. The molecular formula is C8H8F2O. The SMILES string of the molecule is Oc1ccccc1C(F)CF. The van der Waals surface area contributed by atoms with Gasteiger partial charge in [-0.05, 0) is 6.07 Å². The first kappa shape index (κ1) is 7.98. The molecule has 0 aliphatic heterocycles. The topological polar surface area (TPSA) is 20.2 Å². The molecule has 1 N–H and O–H groups in total. The minimum Gasteiger partial charge on any atom is -0.508 e. The van der Waals surface area contributed by atoms with Crippen molar-refractivity contribution in [2.45, 2.75) is 6.17 Å². The lowest BCUT2D eigenvalue weighted by atomic mass is 10.1. The van der Waals surface area contributed by atoms with E-state index in [-0.39, 0.29) is 11.3 Å². The third-order valence-electron chi connectivity index (χ3n) is 1.41. The molecule has 1 nitrogen and oxygen atoms in total. The Balaban J connectivity index is 2.93. The van der Waals surface area contributed by atoms with Gasteiger partial charge >= 0.3 is 0 Å². The van der Waals surface area contributed by atoms with Crippen LogP contribution in [0.25, 0.3) is 0 Å². The molecule has 0 aliphatic carbocycles. The third kappa shape index (κ3) is 1.67. The zero-order valence-electron chi connectivity index (χ0n) is 5.80. The van der Waals surface area contributed by atoms with Gasteiger partial charge < -0.3 is 5.11 Å². The molecular weight excluding hydrogens is 150 g/mol. The summed E-state index contributed by atoms with van der Waals surface area (Å²) in [4.78, 5) is 0. The molecule has 60 valence electrons. The molecule has 0 bridgehead atoms. The summed E-state index contributed by atoms with van der Waals surface area (Å²) >= 11 is 0. The fourth-order valence-corrected chi connectivity index (χ4v) is 0.836. The first-order chi connectivity index (χ1) is 5.25. The lowest BCUT2D eigenvalue weighted by Gasteiger charge is -2.04. The summed E-state index contributed by atoms with van der Waals surface area (Å²) < 4.78 is 24.4. The Morgan fingerprint density at radius 1 is 1.36 bits per heavy atom. The van der Waals surface area contributed by atoms with Crippen molar-refractivity contribution in [3.63, 3.8) is 0 Å². The zero-order chi connectivity index (χ0) is 8.27. The van der Waals surface area contributed by atoms with Gasteiger partial charge in [0.25, 0.3) is 0 Å². The Kier molecular flexibility index (Phi) is 2.41. The van der Waals surface area contributed by atoms with E-state index in [9.17, 15) is 8.78 Å². The lowest BCUT2D eigenvalue weighted by Crippen LogP contribution is -1.93. The molecule has 0 heterocycles. The summed E-state index contributed by atoms with van der Waals surface area (Å²) in [6.07, 6.45) is -1.71. The molecule has 0 radical (unpaired) electrons. The highest BCUT2D eigenvalue weighted by molar-refractivity contribution is 5.33. The van der Waals surface area contributed by atoms with Gasteiger partial charge in [0.2, 0.25) is 0 Å². The number of aromatic hydroxyl groups is 1. The maximum Gasteiger partial charge on any atom is 0.157 e. The first-order valence-corrected chi connectivity index (χ1v) is 3.23. The van der Waals surface area contributed by atoms with Crippen LogP contribution in [0.1, 0.15) is 11.7 Å². The molecule has 0 aromatic heterocycles. The predicted molar refractivity (Wildman–Crippen MR) is 37.9 cm³/mol. The highest BCUT2D eigenvalue weighted by Gasteiger charge is 2.12. The summed E-state index contributed by atoms with van der Waals surface area (Å²) in [6.45, 7) is -1.10. The number of hydrogen-bond donors (Lipinski definition) is 1. The largest absolute Gasteiger partial charge is 0.508 e. The summed E-state index contributed by atoms with van der Waals surface area (Å²) in [6, 6.07) is 5.80. The maximum atomic E-state index is 12.6. The van der Waals surface area contributed by atoms with Crippen LogP contribution < -0.4 is 0 Å². The van der Waals surface area contributed by atoms with Crippen molar-refractivity contribution in [3.05, 3.63) is 29.8 Å².